The van der Waals surface area contributed by atoms with Crippen molar-refractivity contribution in [1.29, 1.82) is 0 Å². The van der Waals surface area contributed by atoms with E-state index in [2.05, 4.69) is 31.1 Å². The third-order valence-corrected chi connectivity index (χ3v) is 2.77. The van der Waals surface area contributed by atoms with Crippen LogP contribution in [0.4, 0.5) is 0 Å². The summed E-state index contributed by atoms with van der Waals surface area (Å²) in [5.41, 5.74) is 0.938. The van der Waals surface area contributed by atoms with Gasteiger partial charge in [0.2, 0.25) is 0 Å². The van der Waals surface area contributed by atoms with Crippen LogP contribution in [-0.4, -0.2) is 29.8 Å². The molecule has 0 bridgehead atoms. The van der Waals surface area contributed by atoms with Gasteiger partial charge in [0.15, 0.2) is 0 Å². The fourth-order valence-electron chi connectivity index (χ4n) is 1.72. The third kappa shape index (κ3) is 4.31. The van der Waals surface area contributed by atoms with Crippen molar-refractivity contribution in [2.24, 2.45) is 0 Å². The quantitative estimate of drug-likeness (QED) is 0.892. The van der Waals surface area contributed by atoms with Crippen LogP contribution < -0.4 is 10.1 Å². The minimum atomic E-state index is 0.0701. The van der Waals surface area contributed by atoms with Crippen molar-refractivity contribution in [1.82, 2.24) is 10.3 Å². The number of rotatable bonds is 4. The molecule has 1 aliphatic rings. The number of hydrogen-bond acceptors (Lipinski definition) is 5. The van der Waals surface area contributed by atoms with Crippen LogP contribution in [0.15, 0.2) is 10.7 Å². The number of hydrogen-bond donors (Lipinski definition) is 1. The maximum absolute atomic E-state index is 5.68. The molecule has 1 fully saturated rings. The molecular weight excluding hydrogens is 232 g/mol. The molecule has 2 rings (SSSR count). The van der Waals surface area contributed by atoms with Crippen molar-refractivity contribution in [2.75, 3.05) is 13.2 Å². The van der Waals surface area contributed by atoms with E-state index in [1.54, 1.807) is 6.26 Å². The van der Waals surface area contributed by atoms with E-state index in [1.807, 2.05) is 0 Å². The molecule has 1 aromatic rings. The van der Waals surface area contributed by atoms with E-state index >= 15 is 0 Å². The van der Waals surface area contributed by atoms with E-state index in [9.17, 15) is 0 Å². The van der Waals surface area contributed by atoms with Gasteiger partial charge in [-0.15, -0.1) is 0 Å². The average molecular weight is 254 g/mol. The smallest absolute Gasteiger partial charge is 0.394 e. The lowest BCUT2D eigenvalue weighted by Gasteiger charge is -2.21. The van der Waals surface area contributed by atoms with E-state index in [0.29, 0.717) is 12.6 Å². The molecule has 0 radical (unpaired) electrons. The van der Waals surface area contributed by atoms with Gasteiger partial charge in [-0.1, -0.05) is 0 Å². The van der Waals surface area contributed by atoms with Gasteiger partial charge in [0, 0.05) is 24.9 Å². The van der Waals surface area contributed by atoms with Crippen LogP contribution in [0.5, 0.6) is 6.08 Å². The van der Waals surface area contributed by atoms with Crippen molar-refractivity contribution in [3.63, 3.8) is 0 Å². The van der Waals surface area contributed by atoms with Crippen LogP contribution in [-0.2, 0) is 11.3 Å². The van der Waals surface area contributed by atoms with E-state index < -0.39 is 0 Å². The van der Waals surface area contributed by atoms with Gasteiger partial charge in [-0.05, 0) is 20.8 Å². The Morgan fingerprint density at radius 3 is 2.78 bits per heavy atom. The van der Waals surface area contributed by atoms with Crippen LogP contribution in [0.2, 0.25) is 0 Å². The van der Waals surface area contributed by atoms with Crippen molar-refractivity contribution in [3.8, 4) is 6.08 Å². The molecule has 1 N–H and O–H groups in total. The summed E-state index contributed by atoms with van der Waals surface area (Å²) >= 11 is 0. The maximum Gasteiger partial charge on any atom is 0.394 e. The van der Waals surface area contributed by atoms with Gasteiger partial charge in [0.25, 0.3) is 0 Å². The highest BCUT2D eigenvalue weighted by Crippen LogP contribution is 2.17. The summed E-state index contributed by atoms with van der Waals surface area (Å²) in [6.07, 6.45) is 3.98. The number of nitrogens with zero attached hydrogens (tertiary/aromatic N) is 1. The Kier molecular flexibility index (Phi) is 4.24. The van der Waals surface area contributed by atoms with Crippen LogP contribution in [0.25, 0.3) is 0 Å². The fraction of sp³-hybridized carbons (Fsp3) is 0.769. The van der Waals surface area contributed by atoms with E-state index in [4.69, 9.17) is 13.9 Å². The minimum absolute atomic E-state index is 0.0701. The number of oxazole rings is 1. The Bertz CT molecular complexity index is 365. The number of aromatic nitrogens is 1. The molecule has 0 aromatic carbocycles. The number of nitrogens with one attached hydrogen (secondary N) is 1. The molecular formula is C13H22N2O3. The van der Waals surface area contributed by atoms with Gasteiger partial charge >= 0.3 is 6.08 Å². The van der Waals surface area contributed by atoms with Crippen molar-refractivity contribution >= 4 is 0 Å². The zero-order valence-electron chi connectivity index (χ0n) is 11.4. The molecule has 0 aliphatic carbocycles. The second-order valence-electron chi connectivity index (χ2n) is 5.64. The summed E-state index contributed by atoms with van der Waals surface area (Å²) in [5.74, 6) is 0. The predicted molar refractivity (Wildman–Crippen MR) is 67.6 cm³/mol. The molecule has 2 heterocycles. The largest absolute Gasteiger partial charge is 0.447 e. The predicted octanol–water partition coefficient (Wildman–Crippen LogP) is 2.12. The lowest BCUT2D eigenvalue weighted by Crippen LogP contribution is -2.35. The first-order valence-corrected chi connectivity index (χ1v) is 6.47. The molecule has 0 unspecified atom stereocenters. The fourth-order valence-corrected chi connectivity index (χ4v) is 1.72. The first-order valence-electron chi connectivity index (χ1n) is 6.47. The summed E-state index contributed by atoms with van der Waals surface area (Å²) in [7, 11) is 0. The Morgan fingerprint density at radius 1 is 1.39 bits per heavy atom. The Hall–Kier alpha value is -1.07. The second kappa shape index (κ2) is 5.71. The van der Waals surface area contributed by atoms with Gasteiger partial charge in [0.1, 0.15) is 12.4 Å². The normalized spacial score (nSPS) is 17.9. The zero-order valence-corrected chi connectivity index (χ0v) is 11.4. The summed E-state index contributed by atoms with van der Waals surface area (Å²) < 4.78 is 16.3. The molecule has 0 spiro atoms. The Morgan fingerprint density at radius 2 is 2.11 bits per heavy atom. The zero-order chi connectivity index (χ0) is 13.0. The first-order chi connectivity index (χ1) is 8.53. The highest BCUT2D eigenvalue weighted by atomic mass is 16.6. The van der Waals surface area contributed by atoms with Crippen molar-refractivity contribution in [3.05, 3.63) is 12.0 Å². The van der Waals surface area contributed by atoms with Crippen molar-refractivity contribution < 1.29 is 13.9 Å². The highest BCUT2D eigenvalue weighted by molar-refractivity contribution is 5.00. The molecule has 0 saturated carbocycles. The average Bonchev–Trinajstić information content (AvgIpc) is 2.75. The SMILES string of the molecule is CC(C)(C)NCc1coc(OC2CCOCC2)n1. The molecule has 5 heteroatoms. The second-order valence-corrected chi connectivity index (χ2v) is 5.64. The topological polar surface area (TPSA) is 56.5 Å². The van der Waals surface area contributed by atoms with E-state index in [-0.39, 0.29) is 11.6 Å². The summed E-state index contributed by atoms with van der Waals surface area (Å²) in [4.78, 5) is 4.32. The molecule has 0 atom stereocenters. The van der Waals surface area contributed by atoms with Crippen LogP contribution in [0.1, 0.15) is 39.3 Å². The molecule has 18 heavy (non-hydrogen) atoms. The maximum atomic E-state index is 5.68. The van der Waals surface area contributed by atoms with Crippen LogP contribution in [0.3, 0.4) is 0 Å². The standard InChI is InChI=1S/C13H22N2O3/c1-13(2,3)14-8-10-9-17-12(15-10)18-11-4-6-16-7-5-11/h9,11,14H,4-8H2,1-3H3. The Labute approximate surface area is 108 Å². The van der Waals surface area contributed by atoms with Gasteiger partial charge in [-0.2, -0.15) is 4.98 Å². The molecule has 1 aliphatic heterocycles. The summed E-state index contributed by atoms with van der Waals surface area (Å²) in [5, 5.41) is 3.36. The first kappa shape index (κ1) is 13.4. The van der Waals surface area contributed by atoms with E-state index in [0.717, 1.165) is 31.7 Å². The molecule has 102 valence electrons. The number of ether oxygens (including phenoxy) is 2. The summed E-state index contributed by atoms with van der Waals surface area (Å²) in [6.45, 7) is 8.54. The lowest BCUT2D eigenvalue weighted by molar-refractivity contribution is 0.0133. The lowest BCUT2D eigenvalue weighted by atomic mass is 10.1. The van der Waals surface area contributed by atoms with Gasteiger partial charge in [0.05, 0.1) is 18.9 Å². The van der Waals surface area contributed by atoms with E-state index in [1.165, 1.54) is 0 Å². The summed E-state index contributed by atoms with van der Waals surface area (Å²) in [6, 6.07) is 0. The molecule has 5 nitrogen and oxygen atoms in total. The van der Waals surface area contributed by atoms with Crippen LogP contribution in [0, 0.1) is 0 Å². The molecule has 1 saturated heterocycles. The van der Waals surface area contributed by atoms with Crippen molar-refractivity contribution in [2.45, 2.75) is 51.8 Å². The van der Waals surface area contributed by atoms with Crippen LogP contribution >= 0.6 is 0 Å². The third-order valence-electron chi connectivity index (χ3n) is 2.77. The monoisotopic (exact) mass is 254 g/mol. The highest BCUT2D eigenvalue weighted by Gasteiger charge is 2.18. The van der Waals surface area contributed by atoms with Gasteiger partial charge in [-0.3, -0.25) is 0 Å². The van der Waals surface area contributed by atoms with Gasteiger partial charge < -0.3 is 19.2 Å². The Balaban J connectivity index is 1.82. The molecule has 0 amide bonds. The molecule has 1 aromatic heterocycles. The van der Waals surface area contributed by atoms with Gasteiger partial charge in [-0.25, -0.2) is 0 Å². The minimum Gasteiger partial charge on any atom is -0.447 e.